The third kappa shape index (κ3) is 4.46. The van der Waals surface area contributed by atoms with E-state index >= 15 is 0 Å². The van der Waals surface area contributed by atoms with E-state index in [0.717, 1.165) is 4.47 Å². The molecule has 0 unspecified atom stereocenters. The van der Waals surface area contributed by atoms with Gasteiger partial charge in [0.15, 0.2) is 0 Å². The van der Waals surface area contributed by atoms with Crippen LogP contribution in [0.2, 0.25) is 0 Å². The van der Waals surface area contributed by atoms with Gasteiger partial charge in [0.1, 0.15) is 5.75 Å². The first-order valence-electron chi connectivity index (χ1n) is 6.74. The SMILES string of the molecule is CCC(CC)(CC(=O)Nc1cc(Br)cc(OC)c1)C(=O)O. The van der Waals surface area contributed by atoms with Crippen LogP contribution in [-0.2, 0) is 9.59 Å². The first-order valence-corrected chi connectivity index (χ1v) is 7.54. The number of ether oxygens (including phenoxy) is 1. The van der Waals surface area contributed by atoms with E-state index in [-0.39, 0.29) is 12.3 Å². The minimum Gasteiger partial charge on any atom is -0.497 e. The summed E-state index contributed by atoms with van der Waals surface area (Å²) in [6, 6.07) is 5.19. The van der Waals surface area contributed by atoms with Gasteiger partial charge in [-0.3, -0.25) is 9.59 Å². The maximum absolute atomic E-state index is 12.1. The minimum absolute atomic E-state index is 0.0514. The lowest BCUT2D eigenvalue weighted by molar-refractivity contribution is -0.151. The summed E-state index contributed by atoms with van der Waals surface area (Å²) >= 11 is 3.33. The van der Waals surface area contributed by atoms with Crippen LogP contribution in [0.25, 0.3) is 0 Å². The van der Waals surface area contributed by atoms with Crippen molar-refractivity contribution in [2.45, 2.75) is 33.1 Å². The van der Waals surface area contributed by atoms with Gasteiger partial charge in [0.05, 0.1) is 12.5 Å². The van der Waals surface area contributed by atoms with E-state index in [0.29, 0.717) is 24.3 Å². The molecule has 0 spiro atoms. The van der Waals surface area contributed by atoms with Crippen molar-refractivity contribution in [1.29, 1.82) is 0 Å². The van der Waals surface area contributed by atoms with Gasteiger partial charge in [-0.25, -0.2) is 0 Å². The average molecular weight is 358 g/mol. The minimum atomic E-state index is -1.01. The summed E-state index contributed by atoms with van der Waals surface area (Å²) in [5.74, 6) is -0.647. The topological polar surface area (TPSA) is 75.6 Å². The molecular weight excluding hydrogens is 338 g/mol. The number of carboxylic acids is 1. The number of halogens is 1. The number of carbonyl (C=O) groups excluding carboxylic acids is 1. The molecule has 0 fully saturated rings. The number of carbonyl (C=O) groups is 2. The number of anilines is 1. The van der Waals surface area contributed by atoms with Crippen molar-refractivity contribution in [2.75, 3.05) is 12.4 Å². The second-order valence-corrected chi connectivity index (χ2v) is 5.81. The fraction of sp³-hybridized carbons (Fsp3) is 0.467. The molecule has 5 nitrogen and oxygen atoms in total. The molecule has 0 heterocycles. The molecule has 116 valence electrons. The van der Waals surface area contributed by atoms with Crippen LogP contribution in [0, 0.1) is 5.41 Å². The van der Waals surface area contributed by atoms with Crippen LogP contribution < -0.4 is 10.1 Å². The highest BCUT2D eigenvalue weighted by Crippen LogP contribution is 2.32. The highest BCUT2D eigenvalue weighted by molar-refractivity contribution is 9.10. The Labute approximate surface area is 132 Å². The van der Waals surface area contributed by atoms with Crippen molar-refractivity contribution in [1.82, 2.24) is 0 Å². The molecule has 0 radical (unpaired) electrons. The van der Waals surface area contributed by atoms with Crippen LogP contribution in [0.1, 0.15) is 33.1 Å². The predicted molar refractivity (Wildman–Crippen MR) is 84.6 cm³/mol. The number of amides is 1. The molecule has 0 saturated heterocycles. The maximum atomic E-state index is 12.1. The van der Waals surface area contributed by atoms with Crippen molar-refractivity contribution >= 4 is 33.5 Å². The molecule has 0 aliphatic carbocycles. The molecule has 1 aromatic carbocycles. The number of rotatable bonds is 7. The van der Waals surface area contributed by atoms with E-state index in [9.17, 15) is 14.7 Å². The summed E-state index contributed by atoms with van der Waals surface area (Å²) in [7, 11) is 1.54. The standard InChI is InChI=1S/C15H20BrNO4/c1-4-15(5-2,14(19)20)9-13(18)17-11-6-10(16)7-12(8-11)21-3/h6-8H,4-5,9H2,1-3H3,(H,17,18)(H,19,20). The van der Waals surface area contributed by atoms with Crippen molar-refractivity contribution in [3.63, 3.8) is 0 Å². The summed E-state index contributed by atoms with van der Waals surface area (Å²) in [4.78, 5) is 23.5. The summed E-state index contributed by atoms with van der Waals surface area (Å²) in [6.07, 6.45) is 0.770. The quantitative estimate of drug-likeness (QED) is 0.780. The van der Waals surface area contributed by atoms with E-state index in [2.05, 4.69) is 21.2 Å². The van der Waals surface area contributed by atoms with Gasteiger partial charge in [0.25, 0.3) is 0 Å². The molecule has 1 rings (SSSR count). The molecule has 1 amide bonds. The van der Waals surface area contributed by atoms with Crippen LogP contribution in [-0.4, -0.2) is 24.1 Å². The van der Waals surface area contributed by atoms with Crippen LogP contribution >= 0.6 is 15.9 Å². The lowest BCUT2D eigenvalue weighted by atomic mass is 9.79. The number of hydrogen-bond donors (Lipinski definition) is 2. The number of hydrogen-bond acceptors (Lipinski definition) is 3. The molecule has 1 aromatic rings. The monoisotopic (exact) mass is 357 g/mol. The predicted octanol–water partition coefficient (Wildman–Crippen LogP) is 3.68. The zero-order valence-electron chi connectivity index (χ0n) is 12.4. The third-order valence-electron chi connectivity index (χ3n) is 3.70. The second-order valence-electron chi connectivity index (χ2n) is 4.90. The largest absolute Gasteiger partial charge is 0.497 e. The molecule has 21 heavy (non-hydrogen) atoms. The Hall–Kier alpha value is -1.56. The number of benzene rings is 1. The van der Waals surface area contributed by atoms with Crippen molar-refractivity contribution in [3.8, 4) is 5.75 Å². The number of methoxy groups -OCH3 is 1. The van der Waals surface area contributed by atoms with Gasteiger partial charge in [0, 0.05) is 22.6 Å². The Morgan fingerprint density at radius 2 is 1.90 bits per heavy atom. The Kier molecular flexibility index (Phi) is 6.20. The molecule has 2 N–H and O–H groups in total. The van der Waals surface area contributed by atoms with E-state index in [4.69, 9.17) is 4.74 Å². The van der Waals surface area contributed by atoms with Crippen molar-refractivity contribution in [3.05, 3.63) is 22.7 Å². The lowest BCUT2D eigenvalue weighted by Crippen LogP contribution is -2.34. The number of nitrogens with one attached hydrogen (secondary N) is 1. The number of aliphatic carboxylic acids is 1. The maximum Gasteiger partial charge on any atom is 0.310 e. The van der Waals surface area contributed by atoms with Gasteiger partial charge in [-0.1, -0.05) is 29.8 Å². The first kappa shape index (κ1) is 17.5. The molecule has 0 aromatic heterocycles. The van der Waals surface area contributed by atoms with E-state index < -0.39 is 11.4 Å². The van der Waals surface area contributed by atoms with Crippen LogP contribution in [0.3, 0.4) is 0 Å². The smallest absolute Gasteiger partial charge is 0.310 e. The summed E-state index contributed by atoms with van der Waals surface area (Å²) in [5.41, 5.74) is -0.446. The second kappa shape index (κ2) is 7.45. The molecule has 0 bridgehead atoms. The first-order chi connectivity index (χ1) is 9.86. The Balaban J connectivity index is 2.86. The van der Waals surface area contributed by atoms with Gasteiger partial charge >= 0.3 is 5.97 Å². The van der Waals surface area contributed by atoms with Crippen LogP contribution in [0.5, 0.6) is 5.75 Å². The Morgan fingerprint density at radius 1 is 1.29 bits per heavy atom. The highest BCUT2D eigenvalue weighted by atomic mass is 79.9. The highest BCUT2D eigenvalue weighted by Gasteiger charge is 2.37. The van der Waals surface area contributed by atoms with Crippen LogP contribution in [0.15, 0.2) is 22.7 Å². The van der Waals surface area contributed by atoms with Gasteiger partial charge in [-0.15, -0.1) is 0 Å². The van der Waals surface area contributed by atoms with Gasteiger partial charge in [-0.05, 0) is 25.0 Å². The van der Waals surface area contributed by atoms with E-state index in [1.807, 2.05) is 0 Å². The number of carboxylic acid groups (broad SMARTS) is 1. The molecule has 0 atom stereocenters. The molecule has 6 heteroatoms. The van der Waals surface area contributed by atoms with E-state index in [1.165, 1.54) is 7.11 Å². The lowest BCUT2D eigenvalue weighted by Gasteiger charge is -2.25. The Morgan fingerprint density at radius 3 is 2.38 bits per heavy atom. The van der Waals surface area contributed by atoms with Crippen molar-refractivity contribution < 1.29 is 19.4 Å². The average Bonchev–Trinajstić information content (AvgIpc) is 2.43. The third-order valence-corrected chi connectivity index (χ3v) is 4.15. The molecular formula is C15H20BrNO4. The molecule has 0 aliphatic rings. The molecule has 0 aliphatic heterocycles. The zero-order valence-corrected chi connectivity index (χ0v) is 14.0. The van der Waals surface area contributed by atoms with Gasteiger partial charge < -0.3 is 15.2 Å². The summed E-state index contributed by atoms with van der Waals surface area (Å²) in [5, 5.41) is 12.1. The molecule has 0 saturated carbocycles. The van der Waals surface area contributed by atoms with Crippen molar-refractivity contribution in [2.24, 2.45) is 5.41 Å². The summed E-state index contributed by atoms with van der Waals surface area (Å²) in [6.45, 7) is 3.57. The van der Waals surface area contributed by atoms with E-state index in [1.54, 1.807) is 32.0 Å². The zero-order chi connectivity index (χ0) is 16.0. The normalized spacial score (nSPS) is 11.0. The fourth-order valence-corrected chi connectivity index (χ4v) is 2.62. The fourth-order valence-electron chi connectivity index (χ4n) is 2.14. The summed E-state index contributed by atoms with van der Waals surface area (Å²) < 4.78 is 5.89. The van der Waals surface area contributed by atoms with Gasteiger partial charge in [-0.2, -0.15) is 0 Å². The van der Waals surface area contributed by atoms with Gasteiger partial charge in [0.2, 0.25) is 5.91 Å². The van der Waals surface area contributed by atoms with Crippen LogP contribution in [0.4, 0.5) is 5.69 Å². The Bertz CT molecular complexity index is 526.